The minimum atomic E-state index is -1.65. The summed E-state index contributed by atoms with van der Waals surface area (Å²) in [5.41, 5.74) is 0.490. The first-order valence-corrected chi connectivity index (χ1v) is 8.90. The Morgan fingerprint density at radius 2 is 1.81 bits per heavy atom. The highest BCUT2D eigenvalue weighted by atomic mass is 16.6. The van der Waals surface area contributed by atoms with Gasteiger partial charge >= 0.3 is 11.9 Å². The maximum atomic E-state index is 13.1. The number of fused-ring (bicyclic) bond motifs is 1. The molecule has 0 amide bonds. The van der Waals surface area contributed by atoms with Crippen molar-refractivity contribution in [1.82, 2.24) is 5.01 Å². The summed E-state index contributed by atoms with van der Waals surface area (Å²) in [5.74, 6) is -1.29. The van der Waals surface area contributed by atoms with Crippen LogP contribution in [-0.2, 0) is 23.8 Å². The molecule has 0 aromatic heterocycles. The molecule has 0 saturated carbocycles. The molecule has 1 unspecified atom stereocenters. The fraction of sp³-hybridized carbons (Fsp3) is 0.526. The van der Waals surface area contributed by atoms with E-state index in [1.165, 1.54) is 0 Å². The van der Waals surface area contributed by atoms with Crippen molar-refractivity contribution in [3.8, 4) is 0 Å². The van der Waals surface area contributed by atoms with Crippen molar-refractivity contribution < 1.29 is 23.8 Å². The number of aryl methyl sites for hydroxylation is 1. The molecule has 1 aromatic rings. The number of carbonyl (C=O) groups is 2. The lowest BCUT2D eigenvalue weighted by Gasteiger charge is -2.37. The molecular formula is C19H24N2O5. The van der Waals surface area contributed by atoms with Crippen LogP contribution < -0.4 is 0 Å². The molecule has 3 rings (SSSR count). The fourth-order valence-electron chi connectivity index (χ4n) is 3.46. The molecule has 1 aromatic carbocycles. The van der Waals surface area contributed by atoms with E-state index in [0.717, 1.165) is 5.56 Å². The maximum Gasteiger partial charge on any atom is 0.332 e. The van der Waals surface area contributed by atoms with Gasteiger partial charge in [0.15, 0.2) is 0 Å². The lowest BCUT2D eigenvalue weighted by Crippen LogP contribution is -2.59. The molecule has 2 aliphatic heterocycles. The second kappa shape index (κ2) is 7.45. The van der Waals surface area contributed by atoms with Crippen molar-refractivity contribution in [2.45, 2.75) is 26.8 Å². The van der Waals surface area contributed by atoms with Gasteiger partial charge in [0.2, 0.25) is 5.41 Å². The number of morpholine rings is 1. The average Bonchev–Trinajstić information content (AvgIpc) is 2.99. The molecule has 2 aliphatic rings. The van der Waals surface area contributed by atoms with Gasteiger partial charge < -0.3 is 14.2 Å². The third kappa shape index (κ3) is 2.86. The molecule has 140 valence electrons. The maximum absolute atomic E-state index is 13.1. The van der Waals surface area contributed by atoms with Crippen LogP contribution in [0.5, 0.6) is 0 Å². The van der Waals surface area contributed by atoms with Gasteiger partial charge in [-0.15, -0.1) is 0 Å². The molecule has 7 nitrogen and oxygen atoms in total. The third-order valence-corrected chi connectivity index (χ3v) is 4.72. The summed E-state index contributed by atoms with van der Waals surface area (Å²) in [7, 11) is 0. The lowest BCUT2D eigenvalue weighted by molar-refractivity contribution is -0.173. The number of benzene rings is 1. The van der Waals surface area contributed by atoms with Crippen LogP contribution in [-0.4, -0.2) is 61.7 Å². The van der Waals surface area contributed by atoms with Gasteiger partial charge in [0.05, 0.1) is 38.7 Å². The molecule has 26 heavy (non-hydrogen) atoms. The minimum Gasteiger partial charge on any atom is -0.465 e. The molecule has 1 fully saturated rings. The number of esters is 2. The standard InChI is InChI=1S/C19H24N2O5/c1-4-25-17(22)19(18(23)26-5-2)15-12-24-11-10-21(15)20-16(19)14-8-6-13(3)7-9-14/h6-9,15H,4-5,10-12H2,1-3H3. The SMILES string of the molecule is CCOC(=O)C1(C(=O)OCC)C(c2ccc(C)cc2)=NN2CCOCC21. The Morgan fingerprint density at radius 3 is 2.38 bits per heavy atom. The number of hydrazone groups is 1. The van der Waals surface area contributed by atoms with E-state index in [0.29, 0.717) is 24.4 Å². The average molecular weight is 360 g/mol. The third-order valence-electron chi connectivity index (χ3n) is 4.72. The van der Waals surface area contributed by atoms with Crippen molar-refractivity contribution in [3.63, 3.8) is 0 Å². The monoisotopic (exact) mass is 360 g/mol. The van der Waals surface area contributed by atoms with Crippen molar-refractivity contribution in [2.24, 2.45) is 10.5 Å². The van der Waals surface area contributed by atoms with Gasteiger partial charge in [0, 0.05) is 0 Å². The first kappa shape index (κ1) is 18.4. The van der Waals surface area contributed by atoms with Gasteiger partial charge in [-0.25, -0.2) is 0 Å². The molecule has 2 heterocycles. The van der Waals surface area contributed by atoms with E-state index >= 15 is 0 Å². The first-order chi connectivity index (χ1) is 12.6. The van der Waals surface area contributed by atoms with Crippen molar-refractivity contribution in [1.29, 1.82) is 0 Å². The topological polar surface area (TPSA) is 77.4 Å². The number of hydrogen-bond acceptors (Lipinski definition) is 7. The largest absolute Gasteiger partial charge is 0.465 e. The van der Waals surface area contributed by atoms with Gasteiger partial charge in [-0.1, -0.05) is 29.8 Å². The summed E-state index contributed by atoms with van der Waals surface area (Å²) in [4.78, 5) is 26.2. The Bertz CT molecular complexity index is 695. The quantitative estimate of drug-likeness (QED) is 0.585. The molecule has 0 aliphatic carbocycles. The zero-order valence-electron chi connectivity index (χ0n) is 15.4. The van der Waals surface area contributed by atoms with Crippen LogP contribution in [0.4, 0.5) is 0 Å². The predicted octanol–water partition coefficient (Wildman–Crippen LogP) is 1.53. The van der Waals surface area contributed by atoms with Crippen LogP contribution in [0.1, 0.15) is 25.0 Å². The van der Waals surface area contributed by atoms with E-state index in [4.69, 9.17) is 14.2 Å². The van der Waals surface area contributed by atoms with Crippen LogP contribution in [0, 0.1) is 12.3 Å². The van der Waals surface area contributed by atoms with Crippen molar-refractivity contribution >= 4 is 17.7 Å². The highest BCUT2D eigenvalue weighted by Crippen LogP contribution is 2.41. The molecule has 0 radical (unpaired) electrons. The van der Waals surface area contributed by atoms with Crippen LogP contribution in [0.3, 0.4) is 0 Å². The number of hydrogen-bond donors (Lipinski definition) is 0. The number of nitrogens with zero attached hydrogens (tertiary/aromatic N) is 2. The van der Waals surface area contributed by atoms with E-state index in [-0.39, 0.29) is 19.8 Å². The summed E-state index contributed by atoms with van der Waals surface area (Å²) in [6.45, 7) is 6.91. The Morgan fingerprint density at radius 1 is 1.19 bits per heavy atom. The highest BCUT2D eigenvalue weighted by Gasteiger charge is 2.65. The van der Waals surface area contributed by atoms with Crippen molar-refractivity contribution in [3.05, 3.63) is 35.4 Å². The van der Waals surface area contributed by atoms with Gasteiger partial charge in [-0.3, -0.25) is 14.6 Å². The number of rotatable bonds is 5. The van der Waals surface area contributed by atoms with Gasteiger partial charge in [0.1, 0.15) is 6.04 Å². The molecule has 0 N–H and O–H groups in total. The fourth-order valence-corrected chi connectivity index (χ4v) is 3.46. The zero-order chi connectivity index (χ0) is 18.7. The number of carbonyl (C=O) groups excluding carboxylic acids is 2. The van der Waals surface area contributed by atoms with Gasteiger partial charge in [-0.2, -0.15) is 5.10 Å². The molecule has 1 atom stereocenters. The smallest absolute Gasteiger partial charge is 0.332 e. The lowest BCUT2D eigenvalue weighted by atomic mass is 9.74. The predicted molar refractivity (Wildman–Crippen MR) is 94.7 cm³/mol. The Labute approximate surface area is 152 Å². The molecule has 7 heteroatoms. The number of ether oxygens (including phenoxy) is 3. The van der Waals surface area contributed by atoms with E-state index in [1.54, 1.807) is 18.9 Å². The van der Waals surface area contributed by atoms with E-state index in [1.807, 2.05) is 31.2 Å². The minimum absolute atomic E-state index is 0.161. The van der Waals surface area contributed by atoms with Crippen LogP contribution >= 0.6 is 0 Å². The second-order valence-corrected chi connectivity index (χ2v) is 6.32. The van der Waals surface area contributed by atoms with E-state index in [2.05, 4.69) is 5.10 Å². The van der Waals surface area contributed by atoms with Crippen molar-refractivity contribution in [2.75, 3.05) is 33.0 Å². The van der Waals surface area contributed by atoms with Crippen LogP contribution in [0.15, 0.2) is 29.4 Å². The molecule has 0 spiro atoms. The van der Waals surface area contributed by atoms with E-state index < -0.39 is 23.4 Å². The Balaban J connectivity index is 2.17. The van der Waals surface area contributed by atoms with Crippen LogP contribution in [0.2, 0.25) is 0 Å². The van der Waals surface area contributed by atoms with E-state index in [9.17, 15) is 9.59 Å². The first-order valence-electron chi connectivity index (χ1n) is 8.90. The molecule has 0 bridgehead atoms. The molecule has 1 saturated heterocycles. The van der Waals surface area contributed by atoms with Gasteiger partial charge in [0.25, 0.3) is 0 Å². The summed E-state index contributed by atoms with van der Waals surface area (Å²) in [6, 6.07) is 6.99. The molecular weight excluding hydrogens is 336 g/mol. The zero-order valence-corrected chi connectivity index (χ0v) is 15.4. The Kier molecular flexibility index (Phi) is 5.27. The Hall–Kier alpha value is -2.41. The summed E-state index contributed by atoms with van der Waals surface area (Å²) in [6.07, 6.45) is 0. The second-order valence-electron chi connectivity index (χ2n) is 6.32. The van der Waals surface area contributed by atoms with Crippen LogP contribution in [0.25, 0.3) is 0 Å². The summed E-state index contributed by atoms with van der Waals surface area (Å²) in [5, 5.41) is 6.40. The normalized spacial score (nSPS) is 21.0. The summed E-state index contributed by atoms with van der Waals surface area (Å²) < 4.78 is 16.2. The van der Waals surface area contributed by atoms with Gasteiger partial charge in [-0.05, 0) is 26.3 Å². The summed E-state index contributed by atoms with van der Waals surface area (Å²) >= 11 is 0. The highest BCUT2D eigenvalue weighted by molar-refractivity contribution is 6.29.